The van der Waals surface area contributed by atoms with Gasteiger partial charge in [0.2, 0.25) is 5.91 Å². The molecule has 19 heavy (non-hydrogen) atoms. The maximum absolute atomic E-state index is 12.0. The van der Waals surface area contributed by atoms with Gasteiger partial charge in [-0.2, -0.15) is 0 Å². The Hall–Kier alpha value is -1.35. The first-order chi connectivity index (χ1) is 9.15. The summed E-state index contributed by atoms with van der Waals surface area (Å²) in [6.07, 6.45) is 4.22. The number of carbonyl (C=O) groups excluding carboxylic acids is 1. The highest BCUT2D eigenvalue weighted by molar-refractivity contribution is 5.78. The van der Waals surface area contributed by atoms with E-state index in [0.29, 0.717) is 11.8 Å². The van der Waals surface area contributed by atoms with Crippen molar-refractivity contribution >= 4 is 5.91 Å². The van der Waals surface area contributed by atoms with Crippen molar-refractivity contribution in [2.75, 3.05) is 20.1 Å². The molecule has 0 unspecified atom stereocenters. The largest absolute Gasteiger partial charge is 0.355 e. The van der Waals surface area contributed by atoms with Crippen LogP contribution in [0.5, 0.6) is 0 Å². The molecule has 1 aromatic rings. The molecule has 2 N–H and O–H groups in total. The Labute approximate surface area is 115 Å². The number of hydrogen-bond acceptors (Lipinski definition) is 2. The summed E-state index contributed by atoms with van der Waals surface area (Å²) in [5, 5.41) is 6.35. The van der Waals surface area contributed by atoms with Crippen LogP contribution < -0.4 is 10.6 Å². The zero-order chi connectivity index (χ0) is 13.7. The monoisotopic (exact) mass is 260 g/mol. The molecule has 3 nitrogen and oxygen atoms in total. The Balaban J connectivity index is 1.83. The number of rotatable bonds is 6. The molecule has 3 heteroatoms. The lowest BCUT2D eigenvalue weighted by atomic mass is 9.68. The van der Waals surface area contributed by atoms with Crippen molar-refractivity contribution < 1.29 is 4.79 Å². The Morgan fingerprint density at radius 2 is 2.00 bits per heavy atom. The Bertz CT molecular complexity index is 438. The fraction of sp³-hybridized carbons (Fsp3) is 0.562. The lowest BCUT2D eigenvalue weighted by Crippen LogP contribution is -2.48. The van der Waals surface area contributed by atoms with E-state index in [1.54, 1.807) is 0 Å². The standard InChI is InChI=1S/C16H24N2O/c1-13-6-3-4-7-14(13)10-15(19)18-12-16(11-17-2)8-5-9-16/h3-4,6-7,17H,5,8-12H2,1-2H3,(H,18,19). The summed E-state index contributed by atoms with van der Waals surface area (Å²) < 4.78 is 0. The maximum Gasteiger partial charge on any atom is 0.224 e. The third-order valence-corrected chi connectivity index (χ3v) is 4.24. The van der Waals surface area contributed by atoms with Crippen LogP contribution in [0.3, 0.4) is 0 Å². The van der Waals surface area contributed by atoms with Gasteiger partial charge in [-0.1, -0.05) is 30.7 Å². The molecule has 1 amide bonds. The average Bonchev–Trinajstić information content (AvgIpc) is 2.35. The zero-order valence-electron chi connectivity index (χ0n) is 12.0. The normalized spacial score (nSPS) is 16.7. The van der Waals surface area contributed by atoms with Crippen molar-refractivity contribution in [1.29, 1.82) is 0 Å². The molecule has 1 aliphatic rings. The van der Waals surface area contributed by atoms with Gasteiger partial charge in [-0.25, -0.2) is 0 Å². The zero-order valence-corrected chi connectivity index (χ0v) is 12.0. The van der Waals surface area contributed by atoms with E-state index in [2.05, 4.69) is 23.6 Å². The highest BCUT2D eigenvalue weighted by Gasteiger charge is 2.36. The third-order valence-electron chi connectivity index (χ3n) is 4.24. The van der Waals surface area contributed by atoms with E-state index in [1.807, 2.05) is 25.2 Å². The van der Waals surface area contributed by atoms with Crippen LogP contribution in [0.25, 0.3) is 0 Å². The molecular weight excluding hydrogens is 236 g/mol. The van der Waals surface area contributed by atoms with Gasteiger partial charge in [-0.3, -0.25) is 4.79 Å². The molecule has 0 heterocycles. The van der Waals surface area contributed by atoms with Gasteiger partial charge in [0.05, 0.1) is 6.42 Å². The molecule has 0 atom stereocenters. The van der Waals surface area contributed by atoms with Crippen molar-refractivity contribution in [2.24, 2.45) is 5.41 Å². The van der Waals surface area contributed by atoms with Gasteiger partial charge in [0.25, 0.3) is 0 Å². The van der Waals surface area contributed by atoms with Gasteiger partial charge in [-0.05, 0) is 37.9 Å². The summed E-state index contributed by atoms with van der Waals surface area (Å²) in [6, 6.07) is 8.08. The van der Waals surface area contributed by atoms with Crippen LogP contribution >= 0.6 is 0 Å². The van der Waals surface area contributed by atoms with Crippen LogP contribution in [0, 0.1) is 12.3 Å². The highest BCUT2D eigenvalue weighted by Crippen LogP contribution is 2.39. The first kappa shape index (κ1) is 14.1. The van der Waals surface area contributed by atoms with Crippen LogP contribution in [0.4, 0.5) is 0 Å². The van der Waals surface area contributed by atoms with Gasteiger partial charge < -0.3 is 10.6 Å². The first-order valence-corrected chi connectivity index (χ1v) is 7.11. The minimum absolute atomic E-state index is 0.136. The summed E-state index contributed by atoms with van der Waals surface area (Å²) in [5.41, 5.74) is 2.61. The predicted molar refractivity (Wildman–Crippen MR) is 78.1 cm³/mol. The van der Waals surface area contributed by atoms with Crippen LogP contribution in [-0.4, -0.2) is 26.0 Å². The van der Waals surface area contributed by atoms with Crippen LogP contribution in [0.2, 0.25) is 0 Å². The van der Waals surface area contributed by atoms with Crippen LogP contribution in [0.1, 0.15) is 30.4 Å². The molecule has 1 saturated carbocycles. The van der Waals surface area contributed by atoms with E-state index in [1.165, 1.54) is 24.8 Å². The fourth-order valence-corrected chi connectivity index (χ4v) is 2.80. The third kappa shape index (κ3) is 3.57. The SMILES string of the molecule is CNCC1(CNC(=O)Cc2ccccc2C)CCC1. The lowest BCUT2D eigenvalue weighted by Gasteiger charge is -2.42. The van der Waals surface area contributed by atoms with E-state index >= 15 is 0 Å². The van der Waals surface area contributed by atoms with Crippen molar-refractivity contribution in [3.8, 4) is 0 Å². The quantitative estimate of drug-likeness (QED) is 0.822. The summed E-state index contributed by atoms with van der Waals surface area (Å²) in [7, 11) is 1.98. The number of carbonyl (C=O) groups is 1. The molecule has 1 aromatic carbocycles. The highest BCUT2D eigenvalue weighted by atomic mass is 16.1. The minimum atomic E-state index is 0.136. The van der Waals surface area contributed by atoms with Gasteiger partial charge >= 0.3 is 0 Å². The summed E-state index contributed by atoms with van der Waals surface area (Å²) in [6.45, 7) is 3.85. The first-order valence-electron chi connectivity index (χ1n) is 7.11. The van der Waals surface area contributed by atoms with E-state index in [0.717, 1.165) is 18.7 Å². The lowest BCUT2D eigenvalue weighted by molar-refractivity contribution is -0.121. The molecule has 0 aliphatic heterocycles. The molecule has 0 radical (unpaired) electrons. The van der Waals surface area contributed by atoms with Gasteiger partial charge in [0.15, 0.2) is 0 Å². The van der Waals surface area contributed by atoms with Crippen LogP contribution in [0.15, 0.2) is 24.3 Å². The Morgan fingerprint density at radius 1 is 1.26 bits per heavy atom. The minimum Gasteiger partial charge on any atom is -0.355 e. The molecule has 1 aliphatic carbocycles. The molecule has 0 aromatic heterocycles. The van der Waals surface area contributed by atoms with Gasteiger partial charge in [0.1, 0.15) is 0 Å². The Morgan fingerprint density at radius 3 is 2.58 bits per heavy atom. The van der Waals surface area contributed by atoms with E-state index in [-0.39, 0.29) is 5.91 Å². The fourth-order valence-electron chi connectivity index (χ4n) is 2.80. The smallest absolute Gasteiger partial charge is 0.224 e. The molecular formula is C16H24N2O. The van der Waals surface area contributed by atoms with Crippen LogP contribution in [-0.2, 0) is 11.2 Å². The second kappa shape index (κ2) is 6.20. The molecule has 1 fully saturated rings. The number of amides is 1. The number of hydrogen-bond donors (Lipinski definition) is 2. The Kier molecular flexibility index (Phi) is 4.59. The summed E-state index contributed by atoms with van der Waals surface area (Å²) >= 11 is 0. The average molecular weight is 260 g/mol. The molecule has 0 saturated heterocycles. The second-order valence-electron chi connectivity index (χ2n) is 5.76. The van der Waals surface area contributed by atoms with E-state index in [4.69, 9.17) is 0 Å². The van der Waals surface area contributed by atoms with Crippen molar-refractivity contribution in [3.05, 3.63) is 35.4 Å². The van der Waals surface area contributed by atoms with E-state index in [9.17, 15) is 4.79 Å². The molecule has 2 rings (SSSR count). The second-order valence-corrected chi connectivity index (χ2v) is 5.76. The number of nitrogens with one attached hydrogen (secondary N) is 2. The summed E-state index contributed by atoms with van der Waals surface area (Å²) in [4.78, 5) is 12.0. The predicted octanol–water partition coefficient (Wildman–Crippen LogP) is 2.04. The molecule has 104 valence electrons. The van der Waals surface area contributed by atoms with Gasteiger partial charge in [-0.15, -0.1) is 0 Å². The molecule has 0 bridgehead atoms. The van der Waals surface area contributed by atoms with E-state index < -0.39 is 0 Å². The number of benzene rings is 1. The number of aryl methyl sites for hydroxylation is 1. The molecule has 0 spiro atoms. The topological polar surface area (TPSA) is 41.1 Å². The van der Waals surface area contributed by atoms with Crippen molar-refractivity contribution in [1.82, 2.24) is 10.6 Å². The van der Waals surface area contributed by atoms with Crippen molar-refractivity contribution in [2.45, 2.75) is 32.6 Å². The van der Waals surface area contributed by atoms with Gasteiger partial charge in [0, 0.05) is 18.5 Å². The summed E-state index contributed by atoms with van der Waals surface area (Å²) in [5.74, 6) is 0.136. The maximum atomic E-state index is 12.0. The van der Waals surface area contributed by atoms with Crippen molar-refractivity contribution in [3.63, 3.8) is 0 Å².